The van der Waals surface area contributed by atoms with Crippen molar-refractivity contribution in [2.45, 2.75) is 69.2 Å². The maximum absolute atomic E-state index is 9.81. The van der Waals surface area contributed by atoms with Gasteiger partial charge in [0.25, 0.3) is 0 Å². The van der Waals surface area contributed by atoms with E-state index in [1.165, 1.54) is 55.6 Å². The monoisotopic (exact) mass is 489 g/mol. The summed E-state index contributed by atoms with van der Waals surface area (Å²) in [4.78, 5) is 0. The maximum atomic E-state index is 9.81. The molecular formula is C20H30F2Ta-2. The second kappa shape index (κ2) is 9.56. The fourth-order valence-corrected chi connectivity index (χ4v) is 2.81. The molecule has 0 nitrogen and oxygen atoms in total. The summed E-state index contributed by atoms with van der Waals surface area (Å²) in [5, 5.41) is 0. The van der Waals surface area contributed by atoms with E-state index >= 15 is 0 Å². The van der Waals surface area contributed by atoms with E-state index in [2.05, 4.69) is 69.2 Å². The fourth-order valence-electron chi connectivity index (χ4n) is 2.81. The SMILES string of the molecule is Cc1c(C)c(C)[c-](C)c1C.Cc1c(C)c(C)[c-](C)c1C.[F][Ta][F]. The normalized spacial score (nSPS) is 9.74. The van der Waals surface area contributed by atoms with Crippen molar-refractivity contribution >= 4 is 0 Å². The fraction of sp³-hybridized carbons (Fsp3) is 0.500. The van der Waals surface area contributed by atoms with E-state index in [-0.39, 0.29) is 0 Å². The summed E-state index contributed by atoms with van der Waals surface area (Å²) < 4.78 is 19.6. The summed E-state index contributed by atoms with van der Waals surface area (Å²) in [6.45, 7) is 22.0. The third kappa shape index (κ3) is 5.14. The quantitative estimate of drug-likeness (QED) is 0.360. The van der Waals surface area contributed by atoms with Crippen molar-refractivity contribution in [1.82, 2.24) is 0 Å². The van der Waals surface area contributed by atoms with Gasteiger partial charge in [-0.3, -0.25) is 0 Å². The van der Waals surface area contributed by atoms with Gasteiger partial charge in [0.1, 0.15) is 0 Å². The molecule has 0 bridgehead atoms. The molecule has 0 saturated heterocycles. The second-order valence-electron chi connectivity index (χ2n) is 6.31. The summed E-state index contributed by atoms with van der Waals surface area (Å²) in [7, 11) is 0. The predicted molar refractivity (Wildman–Crippen MR) is 93.7 cm³/mol. The van der Waals surface area contributed by atoms with Gasteiger partial charge in [-0.25, -0.2) is 0 Å². The Morgan fingerprint density at radius 3 is 0.696 bits per heavy atom. The van der Waals surface area contributed by atoms with Crippen LogP contribution in [0.4, 0.5) is 6.05 Å². The third-order valence-electron chi connectivity index (χ3n) is 5.62. The van der Waals surface area contributed by atoms with Crippen molar-refractivity contribution < 1.29 is 26.9 Å². The standard InChI is InChI=1S/2C10H15.2FH.Ta/c2*1-6-7(2)9(4)10(5)8(6)3;;;/h2*1-5H3;2*1H;/q2*-1;;;+2/p-2. The predicted octanol–water partition coefficient (Wildman–Crippen LogP) is 6.73. The van der Waals surface area contributed by atoms with Crippen LogP contribution in [0.1, 0.15) is 55.6 Å². The third-order valence-corrected chi connectivity index (χ3v) is 5.62. The Labute approximate surface area is 151 Å². The molecule has 2 rings (SSSR count). The molecule has 0 amide bonds. The summed E-state index contributed by atoms with van der Waals surface area (Å²) in [5.41, 5.74) is 14.7. The summed E-state index contributed by atoms with van der Waals surface area (Å²) in [5.74, 6) is 0. The van der Waals surface area contributed by atoms with E-state index in [9.17, 15) is 6.05 Å². The molecule has 23 heavy (non-hydrogen) atoms. The van der Waals surface area contributed by atoms with Gasteiger partial charge in [-0.1, -0.05) is 69.2 Å². The van der Waals surface area contributed by atoms with Crippen molar-refractivity contribution in [3.63, 3.8) is 0 Å². The summed E-state index contributed by atoms with van der Waals surface area (Å²) >= 11 is -2.83. The molecule has 0 spiro atoms. The molecule has 3 heteroatoms. The van der Waals surface area contributed by atoms with Gasteiger partial charge in [0.05, 0.1) is 0 Å². The van der Waals surface area contributed by atoms with Crippen LogP contribution in [0.5, 0.6) is 0 Å². The number of hydrogen-bond donors (Lipinski definition) is 0. The van der Waals surface area contributed by atoms with Crippen molar-refractivity contribution in [3.8, 4) is 0 Å². The second-order valence-corrected chi connectivity index (χ2v) is 6.77. The molecule has 0 fully saturated rings. The van der Waals surface area contributed by atoms with Crippen LogP contribution in [0, 0.1) is 69.2 Å². The van der Waals surface area contributed by atoms with Crippen LogP contribution in [0.25, 0.3) is 0 Å². The molecule has 0 N–H and O–H groups in total. The molecule has 131 valence electrons. The van der Waals surface area contributed by atoms with Gasteiger partial charge in [0.15, 0.2) is 0 Å². The minimum absolute atomic E-state index is 1.47. The van der Waals surface area contributed by atoms with E-state index in [1.807, 2.05) is 0 Å². The summed E-state index contributed by atoms with van der Waals surface area (Å²) in [6.07, 6.45) is 0. The van der Waals surface area contributed by atoms with Gasteiger partial charge >= 0.3 is 26.9 Å². The zero-order chi connectivity index (χ0) is 18.5. The van der Waals surface area contributed by atoms with Crippen molar-refractivity contribution in [2.24, 2.45) is 0 Å². The molecule has 2 aromatic carbocycles. The zero-order valence-corrected chi connectivity index (χ0v) is 19.4. The Morgan fingerprint density at radius 2 is 0.652 bits per heavy atom. The van der Waals surface area contributed by atoms with Crippen LogP contribution in [-0.2, 0) is 20.8 Å². The van der Waals surface area contributed by atoms with Crippen molar-refractivity contribution in [2.75, 3.05) is 0 Å². The van der Waals surface area contributed by atoms with Crippen LogP contribution in [0.2, 0.25) is 0 Å². The van der Waals surface area contributed by atoms with Crippen molar-refractivity contribution in [3.05, 3.63) is 55.6 Å². The molecular weight excluding hydrogens is 459 g/mol. The average Bonchev–Trinajstić information content (AvgIpc) is 2.80. The van der Waals surface area contributed by atoms with Gasteiger partial charge in [-0.05, 0) is 0 Å². The van der Waals surface area contributed by atoms with E-state index in [0.29, 0.717) is 0 Å². The first-order chi connectivity index (χ1) is 10.5. The average molecular weight is 489 g/mol. The topological polar surface area (TPSA) is 0 Å². The first-order valence-electron chi connectivity index (χ1n) is 7.84. The van der Waals surface area contributed by atoms with E-state index < -0.39 is 20.8 Å². The van der Waals surface area contributed by atoms with Crippen LogP contribution >= 0.6 is 0 Å². The van der Waals surface area contributed by atoms with E-state index in [0.717, 1.165) is 0 Å². The van der Waals surface area contributed by atoms with Crippen LogP contribution in [0.3, 0.4) is 0 Å². The molecule has 0 heterocycles. The Hall–Kier alpha value is -0.700. The van der Waals surface area contributed by atoms with Crippen molar-refractivity contribution in [1.29, 1.82) is 0 Å². The molecule has 0 atom stereocenters. The molecule has 0 aromatic heterocycles. The van der Waals surface area contributed by atoms with Gasteiger partial charge < -0.3 is 0 Å². The molecule has 0 aliphatic carbocycles. The molecule has 2 aromatic rings. The van der Waals surface area contributed by atoms with Gasteiger partial charge in [-0.2, -0.15) is 55.6 Å². The Bertz CT molecular complexity index is 429. The van der Waals surface area contributed by atoms with Crippen LogP contribution < -0.4 is 0 Å². The zero-order valence-electron chi connectivity index (χ0n) is 16.2. The Balaban J connectivity index is 0.000000360. The van der Waals surface area contributed by atoms with Gasteiger partial charge in [0.2, 0.25) is 0 Å². The minimum atomic E-state index is -2.83. The first kappa shape index (κ1) is 22.3. The molecule has 0 radical (unpaired) electrons. The number of hydrogen-bond acceptors (Lipinski definition) is 0. The molecule has 0 aliphatic heterocycles. The van der Waals surface area contributed by atoms with Gasteiger partial charge in [-0.15, -0.1) is 0 Å². The Kier molecular flexibility index (Phi) is 9.27. The van der Waals surface area contributed by atoms with E-state index in [1.54, 1.807) is 0 Å². The molecule has 0 unspecified atom stereocenters. The van der Waals surface area contributed by atoms with E-state index in [4.69, 9.17) is 0 Å². The Morgan fingerprint density at radius 1 is 0.522 bits per heavy atom. The number of halogens is 2. The molecule has 0 saturated carbocycles. The van der Waals surface area contributed by atoms with Gasteiger partial charge in [0, 0.05) is 0 Å². The van der Waals surface area contributed by atoms with Crippen LogP contribution in [-0.4, -0.2) is 0 Å². The first-order valence-corrected chi connectivity index (χ1v) is 10.3. The number of rotatable bonds is 0. The van der Waals surface area contributed by atoms with Crippen LogP contribution in [0.15, 0.2) is 0 Å². The molecule has 0 aliphatic rings. The summed E-state index contributed by atoms with van der Waals surface area (Å²) in [6, 6.07) is 0.